The molecule has 258 valence electrons. The molecule has 0 fully saturated rings. The summed E-state index contributed by atoms with van der Waals surface area (Å²) in [5.41, 5.74) is 2.96. The predicted molar refractivity (Wildman–Crippen MR) is 208 cm³/mol. The van der Waals surface area contributed by atoms with E-state index in [1.807, 2.05) is 144 Å². The summed E-state index contributed by atoms with van der Waals surface area (Å²) in [5.74, 6) is 0.933. The number of H-pyrrole nitrogens is 1. The van der Waals surface area contributed by atoms with Gasteiger partial charge in [-0.15, -0.1) is 17.0 Å². The quantitative estimate of drug-likeness (QED) is 0.0661. The second kappa shape index (κ2) is 28.8. The normalized spacial score (nSPS) is 10.1. The van der Waals surface area contributed by atoms with Crippen LogP contribution in [0.2, 0.25) is 0 Å². The van der Waals surface area contributed by atoms with Crippen LogP contribution in [0.4, 0.5) is 0 Å². The summed E-state index contributed by atoms with van der Waals surface area (Å²) in [4.78, 5) is 7.94. The largest absolute Gasteiger partial charge is 0.501 e. The molecule has 0 aliphatic rings. The van der Waals surface area contributed by atoms with Crippen LogP contribution in [0.1, 0.15) is 25.3 Å². The summed E-state index contributed by atoms with van der Waals surface area (Å²) in [6, 6.07) is 21.9. The highest BCUT2D eigenvalue weighted by molar-refractivity contribution is 8.93. The number of benzene rings is 2. The first-order valence-electron chi connectivity index (χ1n) is 15.7. The molecule has 3 aromatic heterocycles. The summed E-state index contributed by atoms with van der Waals surface area (Å²) in [7, 11) is 0. The SMILES string of the molecule is Br.C=C(C)/C=C\C(=C)c1cn[nH]c1.C=C/C=C\C=C\OCCCn1ccnc1.c1ccc(OCCCn2ccnc2)cc1.c1ccccc1. The van der Waals surface area contributed by atoms with Gasteiger partial charge in [-0.05, 0) is 43.5 Å². The van der Waals surface area contributed by atoms with Gasteiger partial charge in [0.25, 0.3) is 0 Å². The third-order valence-electron chi connectivity index (χ3n) is 6.01. The smallest absolute Gasteiger partial charge is 0.119 e. The van der Waals surface area contributed by atoms with Crippen LogP contribution < -0.4 is 4.74 Å². The molecule has 0 saturated carbocycles. The monoisotopic (exact) mass is 724 g/mol. The highest BCUT2D eigenvalue weighted by Crippen LogP contribution is 2.11. The van der Waals surface area contributed by atoms with E-state index in [0.29, 0.717) is 0 Å². The average molecular weight is 726 g/mol. The van der Waals surface area contributed by atoms with Gasteiger partial charge in [0, 0.05) is 49.6 Å². The van der Waals surface area contributed by atoms with E-state index in [2.05, 4.69) is 39.9 Å². The first-order chi connectivity index (χ1) is 23.6. The zero-order valence-electron chi connectivity index (χ0n) is 28.3. The summed E-state index contributed by atoms with van der Waals surface area (Å²) >= 11 is 0. The van der Waals surface area contributed by atoms with E-state index in [0.717, 1.165) is 61.6 Å². The average Bonchev–Trinajstić information content (AvgIpc) is 3.94. The molecule has 0 unspecified atom stereocenters. The van der Waals surface area contributed by atoms with Gasteiger partial charge in [0.1, 0.15) is 5.75 Å². The maximum Gasteiger partial charge on any atom is 0.119 e. The lowest BCUT2D eigenvalue weighted by Crippen LogP contribution is -2.02. The van der Waals surface area contributed by atoms with Gasteiger partial charge in [0.05, 0.1) is 38.3 Å². The van der Waals surface area contributed by atoms with Gasteiger partial charge < -0.3 is 18.6 Å². The molecule has 49 heavy (non-hydrogen) atoms. The third-order valence-corrected chi connectivity index (χ3v) is 6.01. The molecule has 0 aliphatic carbocycles. The fourth-order valence-corrected chi connectivity index (χ4v) is 3.58. The lowest BCUT2D eigenvalue weighted by Gasteiger charge is -2.05. The Balaban J connectivity index is 0.000000337. The van der Waals surface area contributed by atoms with Gasteiger partial charge in [0.2, 0.25) is 0 Å². The number of imidazole rings is 2. The molecule has 1 N–H and O–H groups in total. The van der Waals surface area contributed by atoms with Crippen LogP contribution in [-0.4, -0.2) is 42.5 Å². The number of hydrogen-bond donors (Lipinski definition) is 1. The van der Waals surface area contributed by atoms with Crippen LogP contribution in [-0.2, 0) is 17.8 Å². The fourth-order valence-electron chi connectivity index (χ4n) is 3.58. The van der Waals surface area contributed by atoms with Crippen molar-refractivity contribution in [3.63, 3.8) is 0 Å². The van der Waals surface area contributed by atoms with Crippen molar-refractivity contribution in [1.82, 2.24) is 29.3 Å². The number of halogens is 1. The van der Waals surface area contributed by atoms with Gasteiger partial charge in [0.15, 0.2) is 0 Å². The van der Waals surface area contributed by atoms with Crippen molar-refractivity contribution in [3.8, 4) is 5.75 Å². The molecule has 0 spiro atoms. The summed E-state index contributed by atoms with van der Waals surface area (Å²) in [6.45, 7) is 16.5. The minimum Gasteiger partial charge on any atom is -0.501 e. The van der Waals surface area contributed by atoms with Crippen molar-refractivity contribution in [3.05, 3.63) is 190 Å². The molecule has 0 atom stereocenters. The second-order valence-corrected chi connectivity index (χ2v) is 10.1. The number of rotatable bonds is 15. The number of aromatic nitrogens is 6. The van der Waals surface area contributed by atoms with Crippen molar-refractivity contribution in [2.75, 3.05) is 13.2 Å². The Morgan fingerprint density at radius 1 is 0.796 bits per heavy atom. The first kappa shape index (κ1) is 41.6. The van der Waals surface area contributed by atoms with Crippen LogP contribution in [0.15, 0.2) is 185 Å². The Labute approximate surface area is 302 Å². The van der Waals surface area contributed by atoms with E-state index in [1.54, 1.807) is 30.9 Å². The molecule has 2 aromatic carbocycles. The van der Waals surface area contributed by atoms with Crippen molar-refractivity contribution in [2.45, 2.75) is 32.9 Å². The molecule has 5 aromatic rings. The topological polar surface area (TPSA) is 82.8 Å². The molecule has 3 heterocycles. The Hall–Kier alpha value is -5.41. The molecule has 8 nitrogen and oxygen atoms in total. The van der Waals surface area contributed by atoms with Crippen molar-refractivity contribution in [2.24, 2.45) is 0 Å². The molecule has 0 radical (unpaired) electrons. The lowest BCUT2D eigenvalue weighted by atomic mass is 10.1. The van der Waals surface area contributed by atoms with Gasteiger partial charge in [-0.25, -0.2) is 9.97 Å². The second-order valence-electron chi connectivity index (χ2n) is 10.1. The Kier molecular flexibility index (Phi) is 24.4. The van der Waals surface area contributed by atoms with E-state index in [-0.39, 0.29) is 17.0 Å². The summed E-state index contributed by atoms with van der Waals surface area (Å²) < 4.78 is 14.9. The van der Waals surface area contributed by atoms with E-state index in [4.69, 9.17) is 9.47 Å². The Morgan fingerprint density at radius 3 is 1.90 bits per heavy atom. The maximum atomic E-state index is 5.57. The summed E-state index contributed by atoms with van der Waals surface area (Å²) in [5, 5.41) is 6.56. The number of nitrogens with one attached hydrogen (secondary N) is 1. The highest BCUT2D eigenvalue weighted by atomic mass is 79.9. The fraction of sp³-hybridized carbons (Fsp3) is 0.175. The molecular weight excluding hydrogens is 676 g/mol. The minimum absolute atomic E-state index is 0. The molecular formula is C40H49BrN6O2. The maximum absolute atomic E-state index is 5.57. The first-order valence-corrected chi connectivity index (χ1v) is 15.7. The minimum atomic E-state index is 0. The molecule has 9 heteroatoms. The standard InChI is InChI=1S/C12H14N2O.C12H16N2O.C10H12N2.C6H6.BrH/c1-2-5-12(6-3-1)15-10-4-8-14-9-7-13-11-14;1-2-3-4-5-10-15-11-6-8-14-9-7-13-12-14;1-8(2)4-5-9(3)10-6-11-12-7-10;1-2-4-6-5-3-1;/h1-3,5-7,9,11H,4,8,10H2;2-5,7,9-10,12H,1,6,8,11H2;4-7H,1,3H2,2H3,(H,11,12);1-6H;1H/b;4-3-,10-5+;5-4-;;. The van der Waals surface area contributed by atoms with E-state index < -0.39 is 0 Å². The van der Waals surface area contributed by atoms with Crippen LogP contribution in [0.25, 0.3) is 5.57 Å². The lowest BCUT2D eigenvalue weighted by molar-refractivity contribution is 0.238. The highest BCUT2D eigenvalue weighted by Gasteiger charge is 1.94. The zero-order chi connectivity index (χ0) is 34.3. The van der Waals surface area contributed by atoms with E-state index >= 15 is 0 Å². The van der Waals surface area contributed by atoms with Crippen molar-refractivity contribution in [1.29, 1.82) is 0 Å². The van der Waals surface area contributed by atoms with Crippen LogP contribution >= 0.6 is 17.0 Å². The van der Waals surface area contributed by atoms with Crippen molar-refractivity contribution < 1.29 is 9.47 Å². The van der Waals surface area contributed by atoms with Crippen LogP contribution in [0, 0.1) is 0 Å². The molecule has 0 saturated heterocycles. The van der Waals surface area contributed by atoms with E-state index in [1.165, 1.54) is 0 Å². The van der Waals surface area contributed by atoms with Crippen LogP contribution in [0.5, 0.6) is 5.75 Å². The molecule has 5 rings (SSSR count). The van der Waals surface area contributed by atoms with Gasteiger partial charge in [-0.3, -0.25) is 5.10 Å². The number of allylic oxidation sites excluding steroid dienone is 8. The number of ether oxygens (including phenoxy) is 2. The third kappa shape index (κ3) is 22.7. The molecule has 0 amide bonds. The number of nitrogens with zero attached hydrogens (tertiary/aromatic N) is 5. The molecule has 0 bridgehead atoms. The molecule has 0 aliphatic heterocycles. The Morgan fingerprint density at radius 2 is 1.39 bits per heavy atom. The number of aromatic amines is 1. The predicted octanol–water partition coefficient (Wildman–Crippen LogP) is 9.72. The number of hydrogen-bond acceptors (Lipinski definition) is 5. The van der Waals surface area contributed by atoms with E-state index in [9.17, 15) is 0 Å². The van der Waals surface area contributed by atoms with Gasteiger partial charge >= 0.3 is 0 Å². The van der Waals surface area contributed by atoms with Gasteiger partial charge in [-0.2, -0.15) is 5.10 Å². The number of para-hydroxylation sites is 1. The van der Waals surface area contributed by atoms with Gasteiger partial charge in [-0.1, -0.05) is 110 Å². The van der Waals surface area contributed by atoms with Crippen molar-refractivity contribution >= 4 is 22.6 Å². The number of aryl methyl sites for hydroxylation is 2. The zero-order valence-corrected chi connectivity index (χ0v) is 30.0. The Bertz CT molecular complexity index is 1540. The van der Waals surface area contributed by atoms with Crippen LogP contribution in [0.3, 0.4) is 0 Å². The summed E-state index contributed by atoms with van der Waals surface area (Å²) in [6.07, 6.45) is 29.5.